The first-order chi connectivity index (χ1) is 12.4. The van der Waals surface area contributed by atoms with E-state index in [9.17, 15) is 14.0 Å². The second kappa shape index (κ2) is 7.60. The van der Waals surface area contributed by atoms with E-state index in [0.717, 1.165) is 24.9 Å². The van der Waals surface area contributed by atoms with Gasteiger partial charge >= 0.3 is 0 Å². The molecule has 3 rings (SSSR count). The van der Waals surface area contributed by atoms with E-state index in [2.05, 4.69) is 13.5 Å². The van der Waals surface area contributed by atoms with Gasteiger partial charge in [0.15, 0.2) is 0 Å². The molecule has 2 fully saturated rings. The normalized spacial score (nSPS) is 23.9. The molecule has 0 aromatic heterocycles. The summed E-state index contributed by atoms with van der Waals surface area (Å²) in [7, 11) is 0. The van der Waals surface area contributed by atoms with Gasteiger partial charge in [0.05, 0.1) is 0 Å². The smallest absolute Gasteiger partial charge is 0.245 e. The maximum Gasteiger partial charge on any atom is 0.245 e. The van der Waals surface area contributed by atoms with Gasteiger partial charge < -0.3 is 9.80 Å². The van der Waals surface area contributed by atoms with Crippen LogP contribution in [0.15, 0.2) is 36.9 Å². The van der Waals surface area contributed by atoms with Gasteiger partial charge in [0.25, 0.3) is 0 Å². The van der Waals surface area contributed by atoms with Crippen LogP contribution in [0.1, 0.15) is 38.2 Å². The molecule has 2 saturated heterocycles. The van der Waals surface area contributed by atoms with Crippen molar-refractivity contribution in [3.05, 3.63) is 48.3 Å². The molecule has 2 heterocycles. The summed E-state index contributed by atoms with van der Waals surface area (Å²) in [6, 6.07) is 6.66. The van der Waals surface area contributed by atoms with Crippen molar-refractivity contribution in [3.63, 3.8) is 0 Å². The van der Waals surface area contributed by atoms with Gasteiger partial charge in [-0.1, -0.05) is 18.7 Å². The summed E-state index contributed by atoms with van der Waals surface area (Å²) in [5.74, 6) is -0.143. The van der Waals surface area contributed by atoms with Crippen LogP contribution in [0, 0.1) is 11.7 Å². The highest BCUT2D eigenvalue weighted by atomic mass is 19.1. The average Bonchev–Trinajstić information content (AvgIpc) is 3.01. The highest BCUT2D eigenvalue weighted by molar-refractivity contribution is 5.87. The Hall–Kier alpha value is -2.17. The van der Waals surface area contributed by atoms with Crippen LogP contribution < -0.4 is 0 Å². The number of nitrogens with zero attached hydrogens (tertiary/aromatic N) is 2. The predicted octanol–water partition coefficient (Wildman–Crippen LogP) is 3.17. The Kier molecular flexibility index (Phi) is 5.44. The summed E-state index contributed by atoms with van der Waals surface area (Å²) in [5, 5.41) is 0. The monoisotopic (exact) mass is 358 g/mol. The lowest BCUT2D eigenvalue weighted by atomic mass is 9.88. The van der Waals surface area contributed by atoms with Crippen molar-refractivity contribution in [2.75, 3.05) is 19.6 Å². The van der Waals surface area contributed by atoms with Crippen molar-refractivity contribution < 1.29 is 14.0 Å². The van der Waals surface area contributed by atoms with E-state index in [0.29, 0.717) is 32.4 Å². The lowest BCUT2D eigenvalue weighted by molar-refractivity contribution is -0.142. The number of hydrogen-bond acceptors (Lipinski definition) is 2. The molecule has 2 amide bonds. The predicted molar refractivity (Wildman–Crippen MR) is 99.0 cm³/mol. The van der Waals surface area contributed by atoms with E-state index in [-0.39, 0.29) is 29.1 Å². The molecule has 1 atom stereocenters. The van der Waals surface area contributed by atoms with Gasteiger partial charge in [0.2, 0.25) is 11.8 Å². The molecule has 0 aliphatic carbocycles. The van der Waals surface area contributed by atoms with Gasteiger partial charge in [-0.2, -0.15) is 0 Å². The fourth-order valence-electron chi connectivity index (χ4n) is 4.37. The number of amides is 2. The number of carbonyl (C=O) groups is 2. The summed E-state index contributed by atoms with van der Waals surface area (Å²) in [6.45, 7) is 7.61. The Morgan fingerprint density at radius 2 is 2.04 bits per heavy atom. The Labute approximate surface area is 154 Å². The molecule has 26 heavy (non-hydrogen) atoms. The third kappa shape index (κ3) is 3.81. The Morgan fingerprint density at radius 3 is 2.69 bits per heavy atom. The van der Waals surface area contributed by atoms with Crippen molar-refractivity contribution in [1.82, 2.24) is 9.80 Å². The minimum Gasteiger partial charge on any atom is -0.339 e. The largest absolute Gasteiger partial charge is 0.339 e. The van der Waals surface area contributed by atoms with Crippen molar-refractivity contribution in [3.8, 4) is 0 Å². The molecule has 0 radical (unpaired) electrons. The lowest BCUT2D eigenvalue weighted by Crippen LogP contribution is -2.51. The molecule has 0 saturated carbocycles. The van der Waals surface area contributed by atoms with Crippen LogP contribution in [0.2, 0.25) is 0 Å². The van der Waals surface area contributed by atoms with Crippen molar-refractivity contribution in [2.45, 2.75) is 44.6 Å². The summed E-state index contributed by atoms with van der Waals surface area (Å²) in [6.07, 6.45) is 5.31. The van der Waals surface area contributed by atoms with Crippen LogP contribution in [0.5, 0.6) is 0 Å². The van der Waals surface area contributed by atoms with Crippen LogP contribution in [0.25, 0.3) is 0 Å². The molecule has 1 unspecified atom stereocenters. The summed E-state index contributed by atoms with van der Waals surface area (Å²) in [5.41, 5.74) is 0.664. The molecule has 140 valence electrons. The van der Waals surface area contributed by atoms with Crippen molar-refractivity contribution in [2.24, 2.45) is 5.92 Å². The van der Waals surface area contributed by atoms with Crippen LogP contribution in [-0.2, 0) is 16.0 Å². The summed E-state index contributed by atoms with van der Waals surface area (Å²) >= 11 is 0. The van der Waals surface area contributed by atoms with E-state index in [1.165, 1.54) is 12.1 Å². The Morgan fingerprint density at radius 1 is 1.31 bits per heavy atom. The highest BCUT2D eigenvalue weighted by Crippen LogP contribution is 2.35. The molecule has 1 aromatic carbocycles. The molecular weight excluding hydrogens is 331 g/mol. The van der Waals surface area contributed by atoms with E-state index in [4.69, 9.17) is 0 Å². The molecule has 0 bridgehead atoms. The maximum absolute atomic E-state index is 13.5. The molecule has 2 aliphatic heterocycles. The van der Waals surface area contributed by atoms with Crippen molar-refractivity contribution in [1.29, 1.82) is 0 Å². The quantitative estimate of drug-likeness (QED) is 0.776. The zero-order valence-corrected chi connectivity index (χ0v) is 15.4. The molecular formula is C21H27FN2O2. The van der Waals surface area contributed by atoms with Crippen molar-refractivity contribution >= 4 is 11.8 Å². The molecule has 4 nitrogen and oxygen atoms in total. The Balaban J connectivity index is 1.66. The summed E-state index contributed by atoms with van der Waals surface area (Å²) in [4.78, 5) is 28.6. The van der Waals surface area contributed by atoms with Gasteiger partial charge in [-0.15, -0.1) is 0 Å². The number of benzene rings is 1. The van der Waals surface area contributed by atoms with Gasteiger partial charge in [-0.05, 0) is 62.8 Å². The topological polar surface area (TPSA) is 40.6 Å². The van der Waals surface area contributed by atoms with E-state index < -0.39 is 0 Å². The lowest BCUT2D eigenvalue weighted by Gasteiger charge is -2.40. The zero-order valence-electron chi connectivity index (χ0n) is 15.4. The number of carbonyl (C=O) groups excluding carboxylic acids is 2. The molecule has 1 aromatic rings. The van der Waals surface area contributed by atoms with Crippen LogP contribution in [-0.4, -0.2) is 46.8 Å². The summed E-state index contributed by atoms with van der Waals surface area (Å²) < 4.78 is 13.5. The third-order valence-corrected chi connectivity index (χ3v) is 5.82. The third-order valence-electron chi connectivity index (χ3n) is 5.82. The minimum absolute atomic E-state index is 0.0335. The van der Waals surface area contributed by atoms with Gasteiger partial charge in [-0.25, -0.2) is 4.39 Å². The van der Waals surface area contributed by atoms with Gasteiger partial charge in [0, 0.05) is 31.1 Å². The second-order valence-corrected chi connectivity index (χ2v) is 7.70. The van der Waals surface area contributed by atoms with Crippen LogP contribution in [0.3, 0.4) is 0 Å². The van der Waals surface area contributed by atoms with Crippen LogP contribution >= 0.6 is 0 Å². The number of hydrogen-bond donors (Lipinski definition) is 0. The fourth-order valence-corrected chi connectivity index (χ4v) is 4.37. The van der Waals surface area contributed by atoms with Gasteiger partial charge in [0.1, 0.15) is 5.82 Å². The highest BCUT2D eigenvalue weighted by Gasteiger charge is 2.42. The average molecular weight is 358 g/mol. The first-order valence-corrected chi connectivity index (χ1v) is 9.40. The SMILES string of the molecule is C=CC(=O)N1CCC(C(=O)N2CCCC2(C)Cc2cccc(F)c2)CC1. The molecule has 0 N–H and O–H groups in total. The maximum atomic E-state index is 13.5. The molecule has 0 spiro atoms. The van der Waals surface area contributed by atoms with E-state index in [1.807, 2.05) is 11.0 Å². The standard InChI is InChI=1S/C21H27FN2O2/c1-3-19(25)23-12-8-17(9-13-23)20(26)24-11-5-10-21(24,2)15-16-6-4-7-18(22)14-16/h3-4,6-7,14,17H,1,5,8-13,15H2,2H3. The van der Waals surface area contributed by atoms with Gasteiger partial charge in [-0.3, -0.25) is 9.59 Å². The van der Waals surface area contributed by atoms with E-state index in [1.54, 1.807) is 17.0 Å². The van der Waals surface area contributed by atoms with E-state index >= 15 is 0 Å². The first-order valence-electron chi connectivity index (χ1n) is 9.40. The Bertz CT molecular complexity index is 697. The zero-order chi connectivity index (χ0) is 18.7. The minimum atomic E-state index is -0.265. The first kappa shape index (κ1) is 18.6. The molecule has 2 aliphatic rings. The number of piperidine rings is 1. The number of rotatable bonds is 4. The number of halogens is 1. The number of likely N-dealkylation sites (tertiary alicyclic amines) is 2. The molecule has 5 heteroatoms. The van der Waals surface area contributed by atoms with Crippen LogP contribution in [0.4, 0.5) is 4.39 Å². The second-order valence-electron chi connectivity index (χ2n) is 7.70. The fraction of sp³-hybridized carbons (Fsp3) is 0.524.